The molecule has 1 aliphatic heterocycles. The highest BCUT2D eigenvalue weighted by Crippen LogP contribution is 2.35. The molecule has 0 radical (unpaired) electrons. The van der Waals surface area contributed by atoms with E-state index in [1.165, 1.54) is 24.4 Å². The lowest BCUT2D eigenvalue weighted by Crippen LogP contribution is -2.37. The van der Waals surface area contributed by atoms with Gasteiger partial charge in [-0.2, -0.15) is 23.3 Å². The van der Waals surface area contributed by atoms with Crippen LogP contribution in [0, 0.1) is 0 Å². The summed E-state index contributed by atoms with van der Waals surface area (Å²) in [6.07, 6.45) is -3.16. The first-order chi connectivity index (χ1) is 11.0. The van der Waals surface area contributed by atoms with E-state index in [4.69, 9.17) is 4.74 Å². The predicted molar refractivity (Wildman–Crippen MR) is 77.6 cm³/mol. The van der Waals surface area contributed by atoms with Crippen molar-refractivity contribution >= 4 is 17.5 Å². The minimum Gasteiger partial charge on any atom is -0.378 e. The van der Waals surface area contributed by atoms with Crippen molar-refractivity contribution in [2.75, 3.05) is 36.5 Å². The van der Waals surface area contributed by atoms with Crippen LogP contribution in [-0.2, 0) is 10.9 Å². The van der Waals surface area contributed by atoms with E-state index >= 15 is 0 Å². The van der Waals surface area contributed by atoms with E-state index in [1.807, 2.05) is 4.90 Å². The summed E-state index contributed by atoms with van der Waals surface area (Å²) in [6, 6.07) is 5.22. The SMILES string of the molecule is FC(F)(F)c1ccccc1Nc1cnnc(N2CCOCC2)n1. The van der Waals surface area contributed by atoms with Crippen molar-refractivity contribution < 1.29 is 17.9 Å². The second kappa shape index (κ2) is 6.37. The van der Waals surface area contributed by atoms with Gasteiger partial charge < -0.3 is 15.0 Å². The topological polar surface area (TPSA) is 63.2 Å². The monoisotopic (exact) mass is 325 g/mol. The molecular weight excluding hydrogens is 311 g/mol. The molecule has 1 N–H and O–H groups in total. The van der Waals surface area contributed by atoms with Gasteiger partial charge in [0.2, 0.25) is 5.95 Å². The van der Waals surface area contributed by atoms with Gasteiger partial charge in [0.1, 0.15) is 0 Å². The predicted octanol–water partition coefficient (Wildman–Crippen LogP) is 2.47. The number of morpholine rings is 1. The minimum atomic E-state index is -4.45. The van der Waals surface area contributed by atoms with Crippen molar-refractivity contribution in [1.82, 2.24) is 15.2 Å². The molecule has 0 bridgehead atoms. The van der Waals surface area contributed by atoms with Crippen LogP contribution in [0.15, 0.2) is 30.5 Å². The van der Waals surface area contributed by atoms with Crippen LogP contribution in [0.4, 0.5) is 30.6 Å². The van der Waals surface area contributed by atoms with Gasteiger partial charge in [0, 0.05) is 13.1 Å². The lowest BCUT2D eigenvalue weighted by Gasteiger charge is -2.26. The molecule has 6 nitrogen and oxygen atoms in total. The molecule has 0 spiro atoms. The molecule has 1 aromatic heterocycles. The van der Waals surface area contributed by atoms with Gasteiger partial charge in [0.25, 0.3) is 0 Å². The van der Waals surface area contributed by atoms with Gasteiger partial charge in [-0.1, -0.05) is 12.1 Å². The second-order valence-corrected chi connectivity index (χ2v) is 4.91. The normalized spacial score (nSPS) is 15.5. The number of nitrogens with one attached hydrogen (secondary N) is 1. The fourth-order valence-corrected chi connectivity index (χ4v) is 2.23. The highest BCUT2D eigenvalue weighted by atomic mass is 19.4. The van der Waals surface area contributed by atoms with Crippen molar-refractivity contribution in [3.05, 3.63) is 36.0 Å². The fraction of sp³-hybridized carbons (Fsp3) is 0.357. The lowest BCUT2D eigenvalue weighted by molar-refractivity contribution is -0.136. The highest BCUT2D eigenvalue weighted by Gasteiger charge is 2.33. The van der Waals surface area contributed by atoms with E-state index in [9.17, 15) is 13.2 Å². The van der Waals surface area contributed by atoms with E-state index < -0.39 is 11.7 Å². The van der Waals surface area contributed by atoms with Crippen LogP contribution in [-0.4, -0.2) is 41.5 Å². The maximum atomic E-state index is 13.0. The third-order valence-electron chi connectivity index (χ3n) is 3.34. The fourth-order valence-electron chi connectivity index (χ4n) is 2.23. The number of hydrogen-bond donors (Lipinski definition) is 1. The quantitative estimate of drug-likeness (QED) is 0.935. The van der Waals surface area contributed by atoms with Gasteiger partial charge in [-0.3, -0.25) is 0 Å². The van der Waals surface area contributed by atoms with E-state index in [2.05, 4.69) is 20.5 Å². The number of ether oxygens (including phenoxy) is 1. The largest absolute Gasteiger partial charge is 0.418 e. The minimum absolute atomic E-state index is 0.0755. The molecule has 122 valence electrons. The standard InChI is InChI=1S/C14H14F3N5O/c15-14(16,17)10-3-1-2-4-11(10)19-12-9-18-21-13(20-12)22-5-7-23-8-6-22/h1-4,9H,5-8H2,(H,19,20,21). The molecule has 1 saturated heterocycles. The van der Waals surface area contributed by atoms with Crippen molar-refractivity contribution in [3.63, 3.8) is 0 Å². The summed E-state index contributed by atoms with van der Waals surface area (Å²) in [5.74, 6) is 0.570. The molecule has 0 atom stereocenters. The smallest absolute Gasteiger partial charge is 0.378 e. The van der Waals surface area contributed by atoms with Gasteiger partial charge in [0.15, 0.2) is 5.82 Å². The summed E-state index contributed by atoms with van der Waals surface area (Å²) in [5.41, 5.74) is -0.833. The molecule has 1 aliphatic rings. The van der Waals surface area contributed by atoms with Gasteiger partial charge in [-0.05, 0) is 12.1 Å². The Kier molecular flexibility index (Phi) is 4.28. The average Bonchev–Trinajstić information content (AvgIpc) is 2.55. The van der Waals surface area contributed by atoms with Crippen molar-refractivity contribution in [2.45, 2.75) is 6.18 Å². The van der Waals surface area contributed by atoms with Crippen LogP contribution in [0.25, 0.3) is 0 Å². The summed E-state index contributed by atoms with van der Waals surface area (Å²) >= 11 is 0. The summed E-state index contributed by atoms with van der Waals surface area (Å²) in [7, 11) is 0. The Morgan fingerprint density at radius 2 is 1.87 bits per heavy atom. The number of halogens is 3. The van der Waals surface area contributed by atoms with E-state index in [-0.39, 0.29) is 11.5 Å². The summed E-state index contributed by atoms with van der Waals surface area (Å²) < 4.78 is 44.3. The Balaban J connectivity index is 1.84. The number of alkyl halides is 3. The van der Waals surface area contributed by atoms with Crippen LogP contribution >= 0.6 is 0 Å². The zero-order valence-corrected chi connectivity index (χ0v) is 12.0. The third-order valence-corrected chi connectivity index (χ3v) is 3.34. The molecule has 2 heterocycles. The highest BCUT2D eigenvalue weighted by molar-refractivity contribution is 5.61. The molecule has 0 unspecified atom stereocenters. The van der Waals surface area contributed by atoms with E-state index in [1.54, 1.807) is 0 Å². The maximum Gasteiger partial charge on any atom is 0.418 e. The molecular formula is C14H14F3N5O. The van der Waals surface area contributed by atoms with Crippen LogP contribution < -0.4 is 10.2 Å². The van der Waals surface area contributed by atoms with Crippen LogP contribution in [0.2, 0.25) is 0 Å². The summed E-state index contributed by atoms with van der Waals surface area (Å²) in [4.78, 5) is 6.11. The van der Waals surface area contributed by atoms with Gasteiger partial charge in [-0.15, -0.1) is 5.10 Å². The van der Waals surface area contributed by atoms with Crippen molar-refractivity contribution in [1.29, 1.82) is 0 Å². The number of hydrogen-bond acceptors (Lipinski definition) is 6. The molecule has 1 aromatic carbocycles. The Hall–Kier alpha value is -2.42. The van der Waals surface area contributed by atoms with Crippen LogP contribution in [0.3, 0.4) is 0 Å². The Labute approximate surface area is 130 Å². The Bertz CT molecular complexity index is 673. The Morgan fingerprint density at radius 1 is 1.13 bits per heavy atom. The molecule has 2 aromatic rings. The number of anilines is 3. The third kappa shape index (κ3) is 3.67. The van der Waals surface area contributed by atoms with Crippen LogP contribution in [0.1, 0.15) is 5.56 Å². The van der Waals surface area contributed by atoms with Gasteiger partial charge >= 0.3 is 6.18 Å². The molecule has 0 aliphatic carbocycles. The molecule has 0 saturated carbocycles. The zero-order chi connectivity index (χ0) is 16.3. The molecule has 1 fully saturated rings. The zero-order valence-electron chi connectivity index (χ0n) is 12.0. The number of benzene rings is 1. The molecule has 9 heteroatoms. The van der Waals surface area contributed by atoms with Crippen molar-refractivity contribution in [3.8, 4) is 0 Å². The van der Waals surface area contributed by atoms with E-state index in [0.717, 1.165) is 6.07 Å². The second-order valence-electron chi connectivity index (χ2n) is 4.91. The number of rotatable bonds is 3. The molecule has 0 amide bonds. The molecule has 23 heavy (non-hydrogen) atoms. The maximum absolute atomic E-state index is 13.0. The number of aromatic nitrogens is 3. The van der Waals surface area contributed by atoms with Gasteiger partial charge in [0.05, 0.1) is 30.7 Å². The Morgan fingerprint density at radius 3 is 2.61 bits per heavy atom. The first-order valence-corrected chi connectivity index (χ1v) is 7.00. The molecule has 3 rings (SSSR count). The summed E-state index contributed by atoms with van der Waals surface area (Å²) in [5, 5.41) is 10.4. The van der Waals surface area contributed by atoms with Gasteiger partial charge in [-0.25, -0.2) is 0 Å². The van der Waals surface area contributed by atoms with E-state index in [0.29, 0.717) is 32.3 Å². The number of para-hydroxylation sites is 1. The summed E-state index contributed by atoms with van der Waals surface area (Å²) in [6.45, 7) is 2.34. The lowest BCUT2D eigenvalue weighted by atomic mass is 10.1. The average molecular weight is 325 g/mol. The van der Waals surface area contributed by atoms with Crippen molar-refractivity contribution in [2.24, 2.45) is 0 Å². The number of nitrogens with zero attached hydrogens (tertiary/aromatic N) is 4. The first kappa shape index (κ1) is 15.5. The van der Waals surface area contributed by atoms with Crippen LogP contribution in [0.5, 0.6) is 0 Å². The first-order valence-electron chi connectivity index (χ1n) is 7.00.